The minimum absolute atomic E-state index is 0.636. The SMILES string of the molecule is CCCCC(CC)CNCC1(CC(C)C)CCCC1. The van der Waals surface area contributed by atoms with Crippen molar-refractivity contribution in [3.63, 3.8) is 0 Å². The minimum Gasteiger partial charge on any atom is -0.316 e. The molecule has 0 saturated heterocycles. The highest BCUT2D eigenvalue weighted by molar-refractivity contribution is 4.87. The third-order valence-corrected chi connectivity index (χ3v) is 4.98. The van der Waals surface area contributed by atoms with Gasteiger partial charge in [-0.1, -0.05) is 59.8 Å². The lowest BCUT2D eigenvalue weighted by atomic mass is 9.78. The quantitative estimate of drug-likeness (QED) is 0.559. The van der Waals surface area contributed by atoms with Crippen LogP contribution in [0.4, 0.5) is 0 Å². The first-order chi connectivity index (χ1) is 9.12. The molecule has 0 bridgehead atoms. The molecule has 1 nitrogen and oxygen atoms in total. The van der Waals surface area contributed by atoms with Gasteiger partial charge >= 0.3 is 0 Å². The molecular weight excluding hydrogens is 230 g/mol. The molecule has 1 saturated carbocycles. The van der Waals surface area contributed by atoms with Gasteiger partial charge in [0.25, 0.3) is 0 Å². The van der Waals surface area contributed by atoms with Crippen molar-refractivity contribution >= 4 is 0 Å². The number of nitrogens with one attached hydrogen (secondary N) is 1. The maximum atomic E-state index is 3.83. The Bertz CT molecular complexity index is 216. The maximum Gasteiger partial charge on any atom is 0.000802 e. The summed E-state index contributed by atoms with van der Waals surface area (Å²) >= 11 is 0. The molecule has 0 aromatic heterocycles. The summed E-state index contributed by atoms with van der Waals surface area (Å²) in [7, 11) is 0. The predicted octanol–water partition coefficient (Wildman–Crippen LogP) is 5.40. The lowest BCUT2D eigenvalue weighted by molar-refractivity contribution is 0.218. The van der Waals surface area contributed by atoms with Crippen LogP contribution in [0.5, 0.6) is 0 Å². The number of rotatable bonds is 10. The van der Waals surface area contributed by atoms with Crippen molar-refractivity contribution < 1.29 is 0 Å². The van der Waals surface area contributed by atoms with E-state index in [9.17, 15) is 0 Å². The van der Waals surface area contributed by atoms with E-state index in [1.54, 1.807) is 0 Å². The largest absolute Gasteiger partial charge is 0.316 e. The Labute approximate surface area is 121 Å². The van der Waals surface area contributed by atoms with Crippen LogP contribution in [-0.2, 0) is 0 Å². The van der Waals surface area contributed by atoms with Crippen molar-refractivity contribution in [3.05, 3.63) is 0 Å². The molecule has 1 atom stereocenters. The fourth-order valence-electron chi connectivity index (χ4n) is 3.93. The van der Waals surface area contributed by atoms with E-state index >= 15 is 0 Å². The molecule has 0 aromatic carbocycles. The van der Waals surface area contributed by atoms with Crippen molar-refractivity contribution in [1.82, 2.24) is 5.32 Å². The average Bonchev–Trinajstić information content (AvgIpc) is 2.81. The van der Waals surface area contributed by atoms with Crippen molar-refractivity contribution in [1.29, 1.82) is 0 Å². The van der Waals surface area contributed by atoms with Crippen LogP contribution in [0.15, 0.2) is 0 Å². The third-order valence-electron chi connectivity index (χ3n) is 4.98. The summed E-state index contributed by atoms with van der Waals surface area (Å²) in [5, 5.41) is 3.83. The lowest BCUT2D eigenvalue weighted by Gasteiger charge is -2.32. The van der Waals surface area contributed by atoms with Crippen LogP contribution in [-0.4, -0.2) is 13.1 Å². The Morgan fingerprint density at radius 1 is 1.11 bits per heavy atom. The summed E-state index contributed by atoms with van der Waals surface area (Å²) in [6.07, 6.45) is 12.8. The van der Waals surface area contributed by atoms with Gasteiger partial charge in [-0.05, 0) is 49.5 Å². The highest BCUT2D eigenvalue weighted by Gasteiger charge is 2.33. The van der Waals surface area contributed by atoms with E-state index in [2.05, 4.69) is 33.0 Å². The highest BCUT2D eigenvalue weighted by Crippen LogP contribution is 2.42. The van der Waals surface area contributed by atoms with Crippen molar-refractivity contribution in [2.75, 3.05) is 13.1 Å². The van der Waals surface area contributed by atoms with E-state index in [0.29, 0.717) is 5.41 Å². The van der Waals surface area contributed by atoms with Crippen LogP contribution in [0.2, 0.25) is 0 Å². The van der Waals surface area contributed by atoms with Gasteiger partial charge in [-0.2, -0.15) is 0 Å². The number of hydrogen-bond acceptors (Lipinski definition) is 1. The zero-order valence-corrected chi connectivity index (χ0v) is 13.9. The lowest BCUT2D eigenvalue weighted by Crippen LogP contribution is -2.35. The molecule has 1 N–H and O–H groups in total. The first-order valence-electron chi connectivity index (χ1n) is 8.82. The first kappa shape index (κ1) is 17.0. The fraction of sp³-hybridized carbons (Fsp3) is 1.00. The summed E-state index contributed by atoms with van der Waals surface area (Å²) in [6, 6.07) is 0. The molecule has 1 fully saturated rings. The van der Waals surface area contributed by atoms with Crippen LogP contribution in [0.1, 0.15) is 85.5 Å². The second kappa shape index (κ2) is 9.00. The van der Waals surface area contributed by atoms with Gasteiger partial charge in [0.2, 0.25) is 0 Å². The van der Waals surface area contributed by atoms with Crippen LogP contribution >= 0.6 is 0 Å². The molecule has 0 radical (unpaired) electrons. The van der Waals surface area contributed by atoms with Crippen molar-refractivity contribution in [3.8, 4) is 0 Å². The molecule has 1 unspecified atom stereocenters. The summed E-state index contributed by atoms with van der Waals surface area (Å²) in [4.78, 5) is 0. The zero-order chi connectivity index (χ0) is 14.1. The Morgan fingerprint density at radius 3 is 2.32 bits per heavy atom. The third kappa shape index (κ3) is 6.29. The van der Waals surface area contributed by atoms with Gasteiger partial charge < -0.3 is 5.32 Å². The van der Waals surface area contributed by atoms with Gasteiger partial charge in [-0.25, -0.2) is 0 Å². The molecule has 0 spiro atoms. The second-order valence-electron chi connectivity index (χ2n) is 7.35. The van der Waals surface area contributed by atoms with Gasteiger partial charge in [-0.3, -0.25) is 0 Å². The van der Waals surface area contributed by atoms with Gasteiger partial charge in [0.1, 0.15) is 0 Å². The number of hydrogen-bond donors (Lipinski definition) is 1. The van der Waals surface area contributed by atoms with E-state index in [1.807, 2.05) is 0 Å². The molecule has 0 amide bonds. The van der Waals surface area contributed by atoms with Gasteiger partial charge in [-0.15, -0.1) is 0 Å². The van der Waals surface area contributed by atoms with E-state index < -0.39 is 0 Å². The Balaban J connectivity index is 2.31. The minimum atomic E-state index is 0.636. The molecule has 19 heavy (non-hydrogen) atoms. The van der Waals surface area contributed by atoms with Crippen molar-refractivity contribution in [2.45, 2.75) is 85.5 Å². The normalized spacial score (nSPS) is 20.1. The smallest absolute Gasteiger partial charge is 0.000802 e. The molecule has 114 valence electrons. The van der Waals surface area contributed by atoms with E-state index in [4.69, 9.17) is 0 Å². The van der Waals surface area contributed by atoms with Gasteiger partial charge in [0, 0.05) is 6.54 Å². The number of unbranched alkanes of at least 4 members (excludes halogenated alkanes) is 1. The Hall–Kier alpha value is -0.0400. The Kier molecular flexibility index (Phi) is 8.06. The van der Waals surface area contributed by atoms with Crippen molar-refractivity contribution in [2.24, 2.45) is 17.3 Å². The zero-order valence-electron chi connectivity index (χ0n) is 13.9. The second-order valence-corrected chi connectivity index (χ2v) is 7.35. The summed E-state index contributed by atoms with van der Waals surface area (Å²) in [5.41, 5.74) is 0.636. The monoisotopic (exact) mass is 267 g/mol. The maximum absolute atomic E-state index is 3.83. The van der Waals surface area contributed by atoms with E-state index in [1.165, 1.54) is 70.9 Å². The van der Waals surface area contributed by atoms with Gasteiger partial charge in [0.05, 0.1) is 0 Å². The molecule has 1 aliphatic rings. The molecule has 0 aliphatic heterocycles. The standard InChI is InChI=1S/C18H37N/c1-5-7-10-17(6-2)14-19-15-18(13-16(3)4)11-8-9-12-18/h16-17,19H,5-15H2,1-4H3. The molecule has 1 rings (SSSR count). The van der Waals surface area contributed by atoms with E-state index in [0.717, 1.165) is 11.8 Å². The van der Waals surface area contributed by atoms with Crippen LogP contribution < -0.4 is 5.32 Å². The van der Waals surface area contributed by atoms with E-state index in [-0.39, 0.29) is 0 Å². The van der Waals surface area contributed by atoms with Crippen LogP contribution in [0, 0.1) is 17.3 Å². The molecule has 0 heterocycles. The predicted molar refractivity (Wildman–Crippen MR) is 86.5 cm³/mol. The summed E-state index contributed by atoms with van der Waals surface area (Å²) in [6.45, 7) is 11.9. The molecule has 1 heteroatoms. The molecular formula is C18H37N. The first-order valence-corrected chi connectivity index (χ1v) is 8.82. The van der Waals surface area contributed by atoms with Crippen LogP contribution in [0.3, 0.4) is 0 Å². The fourth-order valence-corrected chi connectivity index (χ4v) is 3.93. The average molecular weight is 268 g/mol. The molecule has 0 aromatic rings. The van der Waals surface area contributed by atoms with Crippen LogP contribution in [0.25, 0.3) is 0 Å². The highest BCUT2D eigenvalue weighted by atomic mass is 14.9. The summed E-state index contributed by atoms with van der Waals surface area (Å²) in [5.74, 6) is 1.75. The Morgan fingerprint density at radius 2 is 1.79 bits per heavy atom. The topological polar surface area (TPSA) is 12.0 Å². The van der Waals surface area contributed by atoms with Gasteiger partial charge in [0.15, 0.2) is 0 Å². The summed E-state index contributed by atoms with van der Waals surface area (Å²) < 4.78 is 0. The molecule has 1 aliphatic carbocycles.